The van der Waals surface area contributed by atoms with Crippen molar-refractivity contribution in [1.29, 1.82) is 0 Å². The lowest BCUT2D eigenvalue weighted by Crippen LogP contribution is -2.31. The predicted octanol–water partition coefficient (Wildman–Crippen LogP) is 3.20. The fourth-order valence-electron chi connectivity index (χ4n) is 1.78. The van der Waals surface area contributed by atoms with Crippen molar-refractivity contribution in [1.82, 2.24) is 4.98 Å². The number of halogens is 2. The van der Waals surface area contributed by atoms with Gasteiger partial charge in [-0.2, -0.15) is 0 Å². The van der Waals surface area contributed by atoms with Crippen molar-refractivity contribution in [2.45, 2.75) is 11.8 Å². The van der Waals surface area contributed by atoms with Crippen molar-refractivity contribution in [2.75, 3.05) is 10.8 Å². The van der Waals surface area contributed by atoms with Crippen LogP contribution in [0.4, 0.5) is 10.1 Å². The Morgan fingerprint density at radius 2 is 2.00 bits per heavy atom. The molecule has 0 spiro atoms. The lowest BCUT2D eigenvalue weighted by atomic mass is 10.3. The largest absolute Gasteiger partial charge is 0.265 e. The quantitative estimate of drug-likeness (QED) is 0.843. The van der Waals surface area contributed by atoms with Crippen LogP contribution in [0.3, 0.4) is 0 Å². The van der Waals surface area contributed by atoms with Gasteiger partial charge in [0.05, 0.1) is 5.69 Å². The van der Waals surface area contributed by atoms with Gasteiger partial charge in [0, 0.05) is 23.4 Å². The molecule has 0 saturated carbocycles. The molecule has 106 valence electrons. The first kappa shape index (κ1) is 14.9. The summed E-state index contributed by atoms with van der Waals surface area (Å²) in [6.45, 7) is 1.77. The molecular weight excluding hydrogens is 347 g/mol. The van der Waals surface area contributed by atoms with Gasteiger partial charge in [-0.15, -0.1) is 0 Å². The van der Waals surface area contributed by atoms with Crippen LogP contribution in [0, 0.1) is 5.82 Å². The van der Waals surface area contributed by atoms with Crippen LogP contribution >= 0.6 is 15.9 Å². The maximum Gasteiger partial charge on any atom is 0.265 e. The summed E-state index contributed by atoms with van der Waals surface area (Å²) < 4.78 is 40.5. The van der Waals surface area contributed by atoms with Crippen LogP contribution in [0.15, 0.2) is 52.1 Å². The normalized spacial score (nSPS) is 11.3. The first-order valence-electron chi connectivity index (χ1n) is 5.84. The molecule has 0 atom stereocenters. The van der Waals surface area contributed by atoms with Gasteiger partial charge >= 0.3 is 0 Å². The van der Waals surface area contributed by atoms with Crippen LogP contribution in [0.1, 0.15) is 6.92 Å². The molecule has 0 fully saturated rings. The third-order valence-corrected chi connectivity index (χ3v) is 4.96. The van der Waals surface area contributed by atoms with Crippen molar-refractivity contribution in [3.05, 3.63) is 53.0 Å². The molecule has 4 nitrogen and oxygen atoms in total. The smallest absolute Gasteiger partial charge is 0.264 e. The van der Waals surface area contributed by atoms with Crippen molar-refractivity contribution < 1.29 is 12.8 Å². The number of hydrogen-bond donors (Lipinski definition) is 0. The number of anilines is 1. The Bertz CT molecular complexity index is 722. The zero-order valence-electron chi connectivity index (χ0n) is 10.6. The van der Waals surface area contributed by atoms with Gasteiger partial charge in [-0.3, -0.25) is 9.29 Å². The third kappa shape index (κ3) is 2.83. The Kier molecular flexibility index (Phi) is 4.39. The molecule has 7 heteroatoms. The number of sulfonamides is 1. The predicted molar refractivity (Wildman–Crippen MR) is 78.5 cm³/mol. The van der Waals surface area contributed by atoms with E-state index in [2.05, 4.69) is 20.9 Å². The lowest BCUT2D eigenvalue weighted by Gasteiger charge is -2.23. The number of benzene rings is 1. The molecule has 0 aliphatic carbocycles. The summed E-state index contributed by atoms with van der Waals surface area (Å²) in [5.74, 6) is -0.583. The highest BCUT2D eigenvalue weighted by Crippen LogP contribution is 2.26. The Morgan fingerprint density at radius 1 is 1.30 bits per heavy atom. The fourth-order valence-corrected chi connectivity index (χ4v) is 3.77. The highest BCUT2D eigenvalue weighted by atomic mass is 79.9. The van der Waals surface area contributed by atoms with E-state index in [0.717, 1.165) is 4.31 Å². The SMILES string of the molecule is CCN(c1ccccc1F)S(=O)(=O)c1cncc(Br)c1. The second-order valence-corrected chi connectivity index (χ2v) is 6.74. The van der Waals surface area contributed by atoms with Gasteiger partial charge in [-0.25, -0.2) is 12.8 Å². The van der Waals surface area contributed by atoms with Crippen LogP contribution in [0.25, 0.3) is 0 Å². The van der Waals surface area contributed by atoms with E-state index < -0.39 is 15.8 Å². The molecule has 1 aromatic carbocycles. The van der Waals surface area contributed by atoms with Crippen LogP contribution in [-0.4, -0.2) is 19.9 Å². The standard InChI is InChI=1S/C13H12BrFN2O2S/c1-2-17(13-6-4-3-5-12(13)15)20(18,19)11-7-10(14)8-16-9-11/h3-9H,2H2,1H3. The number of pyridine rings is 1. The van der Waals surface area contributed by atoms with Gasteiger partial charge < -0.3 is 0 Å². The Hall–Kier alpha value is -1.47. The minimum atomic E-state index is -3.85. The summed E-state index contributed by atoms with van der Waals surface area (Å²) in [7, 11) is -3.85. The van der Waals surface area contributed by atoms with Crippen LogP contribution < -0.4 is 4.31 Å². The van der Waals surface area contributed by atoms with Gasteiger partial charge in [0.15, 0.2) is 0 Å². The molecule has 0 aliphatic rings. The molecule has 2 rings (SSSR count). The Morgan fingerprint density at radius 3 is 2.60 bits per heavy atom. The van der Waals surface area contributed by atoms with Crippen molar-refractivity contribution in [3.8, 4) is 0 Å². The molecule has 20 heavy (non-hydrogen) atoms. The molecule has 0 radical (unpaired) electrons. The number of aromatic nitrogens is 1. The van der Waals surface area contributed by atoms with Gasteiger partial charge in [-0.1, -0.05) is 12.1 Å². The summed E-state index contributed by atoms with van der Waals surface area (Å²) >= 11 is 3.18. The van der Waals surface area contributed by atoms with Crippen molar-refractivity contribution in [2.24, 2.45) is 0 Å². The molecule has 0 amide bonds. The molecule has 0 aliphatic heterocycles. The molecule has 2 aromatic rings. The third-order valence-electron chi connectivity index (χ3n) is 2.68. The van der Waals surface area contributed by atoms with E-state index in [0.29, 0.717) is 4.47 Å². The lowest BCUT2D eigenvalue weighted by molar-refractivity contribution is 0.586. The van der Waals surface area contributed by atoms with E-state index in [1.165, 1.54) is 36.7 Å². The second kappa shape index (κ2) is 5.88. The molecule has 0 N–H and O–H groups in total. The van der Waals surface area contributed by atoms with Crippen LogP contribution in [0.5, 0.6) is 0 Å². The number of nitrogens with zero attached hydrogens (tertiary/aromatic N) is 2. The van der Waals surface area contributed by atoms with Gasteiger partial charge in [0.1, 0.15) is 10.7 Å². The molecule has 0 bridgehead atoms. The zero-order valence-corrected chi connectivity index (χ0v) is 13.0. The Labute approximate surface area is 125 Å². The summed E-state index contributed by atoms with van der Waals surface area (Å²) in [5.41, 5.74) is 0.0231. The topological polar surface area (TPSA) is 50.3 Å². The molecular formula is C13H12BrFN2O2S. The van der Waals surface area contributed by atoms with E-state index in [4.69, 9.17) is 0 Å². The summed E-state index contributed by atoms with van der Waals surface area (Å²) in [5, 5.41) is 0. The minimum Gasteiger partial charge on any atom is -0.264 e. The van der Waals surface area contributed by atoms with Gasteiger partial charge in [0.2, 0.25) is 0 Å². The maximum absolute atomic E-state index is 13.8. The minimum absolute atomic E-state index is 0.0111. The monoisotopic (exact) mass is 358 g/mol. The molecule has 1 aromatic heterocycles. The number of hydrogen-bond acceptors (Lipinski definition) is 3. The average Bonchev–Trinajstić information content (AvgIpc) is 2.41. The van der Waals surface area contributed by atoms with Crippen molar-refractivity contribution in [3.63, 3.8) is 0 Å². The summed E-state index contributed by atoms with van der Waals surface area (Å²) in [6.07, 6.45) is 2.72. The fraction of sp³-hybridized carbons (Fsp3) is 0.154. The second-order valence-electron chi connectivity index (χ2n) is 3.96. The van der Waals surface area contributed by atoms with Gasteiger partial charge in [0.25, 0.3) is 10.0 Å². The first-order valence-corrected chi connectivity index (χ1v) is 8.08. The van der Waals surface area contributed by atoms with Gasteiger partial charge in [-0.05, 0) is 41.1 Å². The summed E-state index contributed by atoms with van der Waals surface area (Å²) in [4.78, 5) is 3.85. The van der Waals surface area contributed by atoms with E-state index in [1.54, 1.807) is 13.0 Å². The first-order chi connectivity index (χ1) is 9.46. The van der Waals surface area contributed by atoms with Crippen LogP contribution in [0.2, 0.25) is 0 Å². The van der Waals surface area contributed by atoms with Crippen LogP contribution in [-0.2, 0) is 10.0 Å². The Balaban J connectivity index is 2.54. The zero-order chi connectivity index (χ0) is 14.8. The molecule has 1 heterocycles. The van der Waals surface area contributed by atoms with E-state index in [-0.39, 0.29) is 17.1 Å². The van der Waals surface area contributed by atoms with E-state index >= 15 is 0 Å². The highest BCUT2D eigenvalue weighted by molar-refractivity contribution is 9.10. The maximum atomic E-state index is 13.8. The van der Waals surface area contributed by atoms with E-state index in [1.807, 2.05) is 0 Å². The molecule has 0 unspecified atom stereocenters. The van der Waals surface area contributed by atoms with Crippen molar-refractivity contribution >= 4 is 31.6 Å². The number of rotatable bonds is 4. The average molecular weight is 359 g/mol. The summed E-state index contributed by atoms with van der Waals surface area (Å²) in [6, 6.07) is 7.20. The number of para-hydroxylation sites is 1. The molecule has 0 saturated heterocycles. The highest BCUT2D eigenvalue weighted by Gasteiger charge is 2.26. The van der Waals surface area contributed by atoms with E-state index in [9.17, 15) is 12.8 Å².